The van der Waals surface area contributed by atoms with Crippen molar-refractivity contribution in [3.63, 3.8) is 0 Å². The van der Waals surface area contributed by atoms with E-state index in [4.69, 9.17) is 0 Å². The lowest BCUT2D eigenvalue weighted by atomic mass is 10.1. The maximum Gasteiger partial charge on any atom is 0.0597 e. The first-order chi connectivity index (χ1) is 9.13. The standard InChI is InChI=1S/C15H28N4/c1-5-7-14-10-18(13(4)9-16-14)11-15-8-12(3)17-19(15)6-2/h8,13-14,16H,5-7,9-11H2,1-4H3. The minimum atomic E-state index is 0.605. The van der Waals surface area contributed by atoms with Gasteiger partial charge >= 0.3 is 0 Å². The van der Waals surface area contributed by atoms with Crippen LogP contribution in [0.5, 0.6) is 0 Å². The average Bonchev–Trinajstić information content (AvgIpc) is 2.74. The summed E-state index contributed by atoms with van der Waals surface area (Å²) in [5.74, 6) is 0. The number of hydrogen-bond donors (Lipinski definition) is 1. The van der Waals surface area contributed by atoms with Crippen molar-refractivity contribution in [2.45, 2.75) is 65.7 Å². The number of aryl methyl sites for hydroxylation is 2. The minimum Gasteiger partial charge on any atom is -0.311 e. The molecule has 19 heavy (non-hydrogen) atoms. The van der Waals surface area contributed by atoms with E-state index in [0.717, 1.165) is 31.9 Å². The van der Waals surface area contributed by atoms with Crippen LogP contribution >= 0.6 is 0 Å². The van der Waals surface area contributed by atoms with Crippen LogP contribution in [-0.2, 0) is 13.1 Å². The van der Waals surface area contributed by atoms with Gasteiger partial charge in [0.1, 0.15) is 0 Å². The van der Waals surface area contributed by atoms with Crippen LogP contribution in [0.4, 0.5) is 0 Å². The van der Waals surface area contributed by atoms with Gasteiger partial charge in [0, 0.05) is 38.3 Å². The summed E-state index contributed by atoms with van der Waals surface area (Å²) in [6.07, 6.45) is 2.53. The predicted molar refractivity (Wildman–Crippen MR) is 79.2 cm³/mol. The SMILES string of the molecule is CCCC1CN(Cc2cc(C)nn2CC)C(C)CN1. The molecule has 0 radical (unpaired) electrons. The molecule has 0 aromatic carbocycles. The Morgan fingerprint density at radius 3 is 2.89 bits per heavy atom. The molecule has 4 nitrogen and oxygen atoms in total. The molecule has 1 saturated heterocycles. The van der Waals surface area contributed by atoms with Gasteiger partial charge in [-0.05, 0) is 33.3 Å². The zero-order chi connectivity index (χ0) is 13.8. The number of piperazine rings is 1. The van der Waals surface area contributed by atoms with Gasteiger partial charge in [0.15, 0.2) is 0 Å². The fraction of sp³-hybridized carbons (Fsp3) is 0.800. The third-order valence-electron chi connectivity index (χ3n) is 4.07. The highest BCUT2D eigenvalue weighted by molar-refractivity contribution is 5.09. The molecule has 1 aromatic rings. The molecule has 2 rings (SSSR count). The second-order valence-corrected chi connectivity index (χ2v) is 5.77. The first kappa shape index (κ1) is 14.5. The summed E-state index contributed by atoms with van der Waals surface area (Å²) in [6, 6.07) is 3.49. The predicted octanol–water partition coefficient (Wildman–Crippen LogP) is 2.17. The molecular weight excluding hydrogens is 236 g/mol. The van der Waals surface area contributed by atoms with Gasteiger partial charge in [-0.1, -0.05) is 13.3 Å². The van der Waals surface area contributed by atoms with Gasteiger partial charge < -0.3 is 5.32 Å². The van der Waals surface area contributed by atoms with E-state index < -0.39 is 0 Å². The molecule has 4 heteroatoms. The quantitative estimate of drug-likeness (QED) is 0.885. The number of nitrogens with zero attached hydrogens (tertiary/aromatic N) is 3. The minimum absolute atomic E-state index is 0.605. The van der Waals surface area contributed by atoms with Crippen molar-refractivity contribution in [2.75, 3.05) is 13.1 Å². The summed E-state index contributed by atoms with van der Waals surface area (Å²) in [7, 11) is 0. The molecule has 1 N–H and O–H groups in total. The third kappa shape index (κ3) is 3.57. The maximum absolute atomic E-state index is 4.55. The summed E-state index contributed by atoms with van der Waals surface area (Å²) in [5.41, 5.74) is 2.48. The van der Waals surface area contributed by atoms with Gasteiger partial charge in [-0.3, -0.25) is 9.58 Å². The average molecular weight is 264 g/mol. The molecule has 2 atom stereocenters. The lowest BCUT2D eigenvalue weighted by Gasteiger charge is -2.38. The van der Waals surface area contributed by atoms with Crippen LogP contribution in [0.25, 0.3) is 0 Å². The van der Waals surface area contributed by atoms with Crippen LogP contribution in [-0.4, -0.2) is 39.9 Å². The van der Waals surface area contributed by atoms with Crippen molar-refractivity contribution in [2.24, 2.45) is 0 Å². The van der Waals surface area contributed by atoms with Crippen LogP contribution in [0.2, 0.25) is 0 Å². The Labute approximate surface area is 117 Å². The smallest absolute Gasteiger partial charge is 0.0597 e. The third-order valence-corrected chi connectivity index (χ3v) is 4.07. The topological polar surface area (TPSA) is 33.1 Å². The second kappa shape index (κ2) is 6.53. The summed E-state index contributed by atoms with van der Waals surface area (Å²) >= 11 is 0. The maximum atomic E-state index is 4.55. The van der Waals surface area contributed by atoms with Crippen molar-refractivity contribution in [1.29, 1.82) is 0 Å². The molecule has 0 amide bonds. The first-order valence-corrected chi connectivity index (χ1v) is 7.64. The molecule has 0 bridgehead atoms. The lowest BCUT2D eigenvalue weighted by Crippen LogP contribution is -2.54. The lowest BCUT2D eigenvalue weighted by molar-refractivity contribution is 0.126. The molecule has 1 aromatic heterocycles. The van der Waals surface area contributed by atoms with Crippen molar-refractivity contribution in [3.05, 3.63) is 17.5 Å². The Balaban J connectivity index is 2.03. The molecule has 1 aliphatic heterocycles. The van der Waals surface area contributed by atoms with Crippen molar-refractivity contribution in [1.82, 2.24) is 20.0 Å². The Hall–Kier alpha value is -0.870. The fourth-order valence-corrected chi connectivity index (χ4v) is 2.96. The summed E-state index contributed by atoms with van der Waals surface area (Å²) in [5, 5.41) is 8.20. The Kier molecular flexibility index (Phi) is 4.99. The molecule has 1 fully saturated rings. The first-order valence-electron chi connectivity index (χ1n) is 7.64. The number of rotatable bonds is 5. The van der Waals surface area contributed by atoms with Crippen LogP contribution < -0.4 is 5.32 Å². The van der Waals surface area contributed by atoms with E-state index in [0.29, 0.717) is 12.1 Å². The Bertz CT molecular complexity index is 399. The zero-order valence-electron chi connectivity index (χ0n) is 12.8. The Morgan fingerprint density at radius 2 is 2.21 bits per heavy atom. The van der Waals surface area contributed by atoms with Gasteiger partial charge in [-0.25, -0.2) is 0 Å². The summed E-state index contributed by atoms with van der Waals surface area (Å²) in [4.78, 5) is 2.60. The van der Waals surface area contributed by atoms with Crippen LogP contribution in [0, 0.1) is 6.92 Å². The molecule has 108 valence electrons. The van der Waals surface area contributed by atoms with Gasteiger partial charge in [0.2, 0.25) is 0 Å². The van der Waals surface area contributed by atoms with E-state index in [1.807, 2.05) is 0 Å². The van der Waals surface area contributed by atoms with Crippen LogP contribution in [0.1, 0.15) is 45.0 Å². The summed E-state index contributed by atoms with van der Waals surface area (Å²) < 4.78 is 2.14. The van der Waals surface area contributed by atoms with E-state index >= 15 is 0 Å². The van der Waals surface area contributed by atoms with E-state index in [-0.39, 0.29) is 0 Å². The van der Waals surface area contributed by atoms with Crippen molar-refractivity contribution >= 4 is 0 Å². The fourth-order valence-electron chi connectivity index (χ4n) is 2.96. The van der Waals surface area contributed by atoms with Gasteiger partial charge in [0.25, 0.3) is 0 Å². The molecule has 0 saturated carbocycles. The van der Waals surface area contributed by atoms with E-state index in [2.05, 4.69) is 53.8 Å². The summed E-state index contributed by atoms with van der Waals surface area (Å²) in [6.45, 7) is 13.1. The molecule has 2 heterocycles. The van der Waals surface area contributed by atoms with Crippen molar-refractivity contribution < 1.29 is 0 Å². The number of hydrogen-bond acceptors (Lipinski definition) is 3. The van der Waals surface area contributed by atoms with Crippen molar-refractivity contribution in [3.8, 4) is 0 Å². The monoisotopic (exact) mass is 264 g/mol. The van der Waals surface area contributed by atoms with E-state index in [1.54, 1.807) is 0 Å². The highest BCUT2D eigenvalue weighted by atomic mass is 15.3. The number of nitrogens with one attached hydrogen (secondary N) is 1. The molecule has 0 aliphatic carbocycles. The number of aromatic nitrogens is 2. The molecule has 0 spiro atoms. The van der Waals surface area contributed by atoms with Crippen LogP contribution in [0.3, 0.4) is 0 Å². The highest BCUT2D eigenvalue weighted by Crippen LogP contribution is 2.15. The van der Waals surface area contributed by atoms with Gasteiger partial charge in [0.05, 0.1) is 11.4 Å². The normalized spacial score (nSPS) is 24.8. The largest absolute Gasteiger partial charge is 0.311 e. The highest BCUT2D eigenvalue weighted by Gasteiger charge is 2.25. The second-order valence-electron chi connectivity index (χ2n) is 5.77. The van der Waals surface area contributed by atoms with Crippen LogP contribution in [0.15, 0.2) is 6.07 Å². The molecule has 2 unspecified atom stereocenters. The molecule has 1 aliphatic rings. The Morgan fingerprint density at radius 1 is 1.42 bits per heavy atom. The van der Waals surface area contributed by atoms with E-state index in [9.17, 15) is 0 Å². The van der Waals surface area contributed by atoms with Gasteiger partial charge in [-0.15, -0.1) is 0 Å². The molecular formula is C15H28N4. The van der Waals surface area contributed by atoms with E-state index in [1.165, 1.54) is 18.5 Å². The van der Waals surface area contributed by atoms with Gasteiger partial charge in [-0.2, -0.15) is 5.10 Å². The zero-order valence-corrected chi connectivity index (χ0v) is 12.8.